The maximum atomic E-state index is 11.9. The molecule has 0 aliphatic carbocycles. The summed E-state index contributed by atoms with van der Waals surface area (Å²) in [6.45, 7) is 12.5. The largest absolute Gasteiger partial charge is 0.381 e. The molecular weight excluding hydrogens is 455 g/mol. The van der Waals surface area contributed by atoms with E-state index in [1.54, 1.807) is 0 Å². The molecule has 1 aromatic rings. The molecule has 0 unspecified atom stereocenters. The maximum Gasteiger partial charge on any atom is 0.251 e. The molecule has 0 aliphatic heterocycles. The Bertz CT molecular complexity index is 565. The van der Waals surface area contributed by atoms with E-state index in [1.807, 2.05) is 38.1 Å². The van der Waals surface area contributed by atoms with Gasteiger partial charge in [0, 0.05) is 38.4 Å². The zero-order valence-corrected chi connectivity index (χ0v) is 19.3. The Morgan fingerprint density at radius 3 is 2.56 bits per heavy atom. The third-order valence-electron chi connectivity index (χ3n) is 3.50. The van der Waals surface area contributed by atoms with Crippen molar-refractivity contribution in [2.45, 2.75) is 40.7 Å². The van der Waals surface area contributed by atoms with Crippen LogP contribution in [0.5, 0.6) is 0 Å². The van der Waals surface area contributed by atoms with Crippen LogP contribution in [0.1, 0.15) is 50.0 Å². The maximum absolute atomic E-state index is 11.9. The molecule has 0 atom stereocenters. The van der Waals surface area contributed by atoms with Gasteiger partial charge in [-0.3, -0.25) is 4.79 Å². The van der Waals surface area contributed by atoms with E-state index < -0.39 is 0 Å². The first-order valence-electron chi connectivity index (χ1n) is 9.53. The first-order valence-corrected chi connectivity index (χ1v) is 9.53. The van der Waals surface area contributed by atoms with E-state index >= 15 is 0 Å². The van der Waals surface area contributed by atoms with Crippen molar-refractivity contribution in [1.82, 2.24) is 16.0 Å². The van der Waals surface area contributed by atoms with E-state index in [4.69, 9.17) is 4.74 Å². The van der Waals surface area contributed by atoms with Crippen molar-refractivity contribution in [3.63, 3.8) is 0 Å². The summed E-state index contributed by atoms with van der Waals surface area (Å²) in [6.07, 6.45) is 0.934. The van der Waals surface area contributed by atoms with Gasteiger partial charge in [-0.1, -0.05) is 26.0 Å². The molecule has 0 aromatic heterocycles. The topological polar surface area (TPSA) is 74.8 Å². The van der Waals surface area contributed by atoms with E-state index in [9.17, 15) is 4.79 Å². The summed E-state index contributed by atoms with van der Waals surface area (Å²) in [6, 6.07) is 7.58. The lowest BCUT2D eigenvalue weighted by Crippen LogP contribution is -2.38. The fourth-order valence-corrected chi connectivity index (χ4v) is 2.29. The lowest BCUT2D eigenvalue weighted by molar-refractivity contribution is 0.0955. The molecule has 1 amide bonds. The highest BCUT2D eigenvalue weighted by Crippen LogP contribution is 2.06. The van der Waals surface area contributed by atoms with Gasteiger partial charge in [0.05, 0.1) is 6.54 Å². The minimum atomic E-state index is -0.0511. The minimum absolute atomic E-state index is 0. The highest BCUT2D eigenvalue weighted by molar-refractivity contribution is 14.0. The molecule has 6 nitrogen and oxygen atoms in total. The van der Waals surface area contributed by atoms with Gasteiger partial charge in [0.15, 0.2) is 5.96 Å². The molecule has 3 N–H and O–H groups in total. The summed E-state index contributed by atoms with van der Waals surface area (Å²) in [5.74, 6) is 1.29. The Balaban J connectivity index is 0.00000676. The number of amides is 1. The predicted molar refractivity (Wildman–Crippen MR) is 123 cm³/mol. The molecule has 0 heterocycles. The van der Waals surface area contributed by atoms with Crippen LogP contribution in [0.3, 0.4) is 0 Å². The quantitative estimate of drug-likeness (QED) is 0.193. The van der Waals surface area contributed by atoms with E-state index in [0.29, 0.717) is 24.6 Å². The Hall–Kier alpha value is -1.35. The van der Waals surface area contributed by atoms with E-state index in [-0.39, 0.29) is 29.9 Å². The number of carbonyl (C=O) groups is 1. The summed E-state index contributed by atoms with van der Waals surface area (Å²) in [5.41, 5.74) is 1.67. The molecule has 0 saturated carbocycles. The predicted octanol–water partition coefficient (Wildman–Crippen LogP) is 3.17. The molecule has 0 saturated heterocycles. The number of hydrogen-bond acceptors (Lipinski definition) is 3. The Kier molecular flexibility index (Phi) is 14.9. The third kappa shape index (κ3) is 11.9. The molecule has 1 aromatic carbocycles. The van der Waals surface area contributed by atoms with Crippen LogP contribution in [-0.4, -0.2) is 44.7 Å². The molecule has 0 spiro atoms. The normalized spacial score (nSPS) is 11.1. The number of hydrogen-bond donors (Lipinski definition) is 3. The van der Waals surface area contributed by atoms with Gasteiger partial charge in [-0.2, -0.15) is 0 Å². The Morgan fingerprint density at radius 2 is 1.89 bits per heavy atom. The highest BCUT2D eigenvalue weighted by atomic mass is 127. The summed E-state index contributed by atoms with van der Waals surface area (Å²) in [7, 11) is 0. The third-order valence-corrected chi connectivity index (χ3v) is 3.50. The van der Waals surface area contributed by atoms with Crippen molar-refractivity contribution in [1.29, 1.82) is 0 Å². The van der Waals surface area contributed by atoms with Crippen LogP contribution < -0.4 is 16.0 Å². The fraction of sp³-hybridized carbons (Fsp3) is 0.600. The van der Waals surface area contributed by atoms with Crippen LogP contribution in [0.25, 0.3) is 0 Å². The molecule has 27 heavy (non-hydrogen) atoms. The standard InChI is InChI=1S/C20H34N4O2.HI/c1-5-21-19(25)18-10-7-9-17(13-18)14-24-20(22-6-2)23-11-8-12-26-15-16(3)4;/h7,9-10,13,16H,5-6,8,11-12,14-15H2,1-4H3,(H,21,25)(H2,22,23,24);1H. The van der Waals surface area contributed by atoms with Gasteiger partial charge in [0.1, 0.15) is 0 Å². The zero-order chi connectivity index (χ0) is 19.2. The first-order chi connectivity index (χ1) is 12.6. The molecule has 154 valence electrons. The van der Waals surface area contributed by atoms with Gasteiger partial charge in [-0.25, -0.2) is 4.99 Å². The van der Waals surface area contributed by atoms with Crippen LogP contribution in [0.4, 0.5) is 0 Å². The van der Waals surface area contributed by atoms with Crippen LogP contribution in [0.2, 0.25) is 0 Å². The summed E-state index contributed by atoms with van der Waals surface area (Å²) < 4.78 is 5.58. The van der Waals surface area contributed by atoms with Crippen molar-refractivity contribution in [3.8, 4) is 0 Å². The summed E-state index contributed by atoms with van der Waals surface area (Å²) in [5, 5.41) is 9.37. The lowest BCUT2D eigenvalue weighted by Gasteiger charge is -2.12. The smallest absolute Gasteiger partial charge is 0.251 e. The van der Waals surface area contributed by atoms with Gasteiger partial charge in [-0.05, 0) is 43.9 Å². The van der Waals surface area contributed by atoms with Crippen molar-refractivity contribution in [2.75, 3.05) is 32.8 Å². The molecule has 0 bridgehead atoms. The second-order valence-electron chi connectivity index (χ2n) is 6.50. The number of ether oxygens (including phenoxy) is 1. The molecule has 7 heteroatoms. The van der Waals surface area contributed by atoms with Crippen LogP contribution in [0, 0.1) is 5.92 Å². The number of halogens is 1. The SMILES string of the molecule is CCNC(=O)c1cccc(CN=C(NCC)NCCCOCC(C)C)c1.I. The number of aliphatic imine (C=N–C) groups is 1. The first kappa shape index (κ1) is 25.6. The van der Waals surface area contributed by atoms with Crippen molar-refractivity contribution >= 4 is 35.8 Å². The van der Waals surface area contributed by atoms with E-state index in [0.717, 1.165) is 44.2 Å². The Labute approximate surface area is 181 Å². The van der Waals surface area contributed by atoms with Crippen LogP contribution >= 0.6 is 24.0 Å². The lowest BCUT2D eigenvalue weighted by atomic mass is 10.1. The Morgan fingerprint density at radius 1 is 1.15 bits per heavy atom. The van der Waals surface area contributed by atoms with Crippen LogP contribution in [-0.2, 0) is 11.3 Å². The van der Waals surface area contributed by atoms with Crippen LogP contribution in [0.15, 0.2) is 29.3 Å². The number of carbonyl (C=O) groups excluding carboxylic acids is 1. The van der Waals surface area contributed by atoms with Gasteiger partial charge in [0.25, 0.3) is 5.91 Å². The van der Waals surface area contributed by atoms with E-state index in [2.05, 4.69) is 34.8 Å². The summed E-state index contributed by atoms with van der Waals surface area (Å²) in [4.78, 5) is 16.5. The van der Waals surface area contributed by atoms with Crippen molar-refractivity contribution < 1.29 is 9.53 Å². The number of rotatable bonds is 11. The molecule has 0 fully saturated rings. The number of nitrogens with one attached hydrogen (secondary N) is 3. The highest BCUT2D eigenvalue weighted by Gasteiger charge is 2.05. The second kappa shape index (κ2) is 15.7. The second-order valence-corrected chi connectivity index (χ2v) is 6.50. The zero-order valence-electron chi connectivity index (χ0n) is 17.0. The van der Waals surface area contributed by atoms with E-state index in [1.165, 1.54) is 0 Å². The number of nitrogens with zero attached hydrogens (tertiary/aromatic N) is 1. The molecular formula is C20H35IN4O2. The molecule has 0 radical (unpaired) electrons. The van der Waals surface area contributed by atoms with Gasteiger partial charge in [-0.15, -0.1) is 24.0 Å². The average Bonchev–Trinajstić information content (AvgIpc) is 2.62. The summed E-state index contributed by atoms with van der Waals surface area (Å²) >= 11 is 0. The van der Waals surface area contributed by atoms with Gasteiger partial charge < -0.3 is 20.7 Å². The average molecular weight is 490 g/mol. The van der Waals surface area contributed by atoms with Gasteiger partial charge in [0.2, 0.25) is 0 Å². The number of benzene rings is 1. The minimum Gasteiger partial charge on any atom is -0.381 e. The van der Waals surface area contributed by atoms with Crippen molar-refractivity contribution in [2.24, 2.45) is 10.9 Å². The molecule has 0 aliphatic rings. The van der Waals surface area contributed by atoms with Crippen molar-refractivity contribution in [3.05, 3.63) is 35.4 Å². The monoisotopic (exact) mass is 490 g/mol. The van der Waals surface area contributed by atoms with Gasteiger partial charge >= 0.3 is 0 Å². The fourth-order valence-electron chi connectivity index (χ4n) is 2.29. The number of guanidine groups is 1. The molecule has 1 rings (SSSR count).